The van der Waals surface area contributed by atoms with Gasteiger partial charge in [-0.05, 0) is 30.7 Å². The summed E-state index contributed by atoms with van der Waals surface area (Å²) < 4.78 is 16.3. The number of benzene rings is 2. The quantitative estimate of drug-likeness (QED) is 0.586. The third kappa shape index (κ3) is 3.19. The van der Waals surface area contributed by atoms with Gasteiger partial charge in [-0.3, -0.25) is 0 Å². The molecule has 2 heterocycles. The number of hydrogen-bond donors (Lipinski definition) is 1. The van der Waals surface area contributed by atoms with Crippen molar-refractivity contribution in [3.05, 3.63) is 89.0 Å². The van der Waals surface area contributed by atoms with Crippen molar-refractivity contribution in [2.24, 2.45) is 0 Å². The number of carbonyl (C=O) groups excluding carboxylic acids is 2. The maximum Gasteiger partial charge on any atom is 0.337 e. The number of aryl methyl sites for hydroxylation is 1. The van der Waals surface area contributed by atoms with E-state index in [0.717, 1.165) is 16.8 Å². The van der Waals surface area contributed by atoms with Crippen molar-refractivity contribution in [1.82, 2.24) is 0 Å². The van der Waals surface area contributed by atoms with Crippen LogP contribution in [0.1, 0.15) is 17.2 Å². The van der Waals surface area contributed by atoms with E-state index in [-0.39, 0.29) is 11.1 Å². The van der Waals surface area contributed by atoms with Crippen LogP contribution in [0.4, 0.5) is 5.69 Å². The summed E-state index contributed by atoms with van der Waals surface area (Å²) in [6.07, 6.45) is 2.95. The summed E-state index contributed by atoms with van der Waals surface area (Å²) in [6, 6.07) is 17.1. The topological polar surface area (TPSA) is 73.9 Å². The van der Waals surface area contributed by atoms with Gasteiger partial charge in [-0.25, -0.2) is 9.59 Å². The number of ether oxygens (including phenoxy) is 3. The fourth-order valence-electron chi connectivity index (χ4n) is 4.08. The molecule has 0 fully saturated rings. The fraction of sp³-hybridized carbons (Fsp3) is 0.250. The van der Waals surface area contributed by atoms with Crippen LogP contribution < -0.4 is 5.32 Å². The maximum atomic E-state index is 12.9. The zero-order chi connectivity index (χ0) is 21.3. The van der Waals surface area contributed by atoms with Crippen LogP contribution in [-0.4, -0.2) is 37.9 Å². The lowest BCUT2D eigenvalue weighted by atomic mass is 9.78. The zero-order valence-electron chi connectivity index (χ0n) is 17.0. The van der Waals surface area contributed by atoms with Gasteiger partial charge in [0.25, 0.3) is 0 Å². The second-order valence-electron chi connectivity index (χ2n) is 7.32. The van der Waals surface area contributed by atoms with E-state index in [9.17, 15) is 9.59 Å². The van der Waals surface area contributed by atoms with Gasteiger partial charge in [0.05, 0.1) is 31.4 Å². The number of hydrogen-bond acceptors (Lipinski definition) is 6. The molecule has 2 aromatic rings. The van der Waals surface area contributed by atoms with Crippen molar-refractivity contribution < 1.29 is 23.8 Å². The summed E-state index contributed by atoms with van der Waals surface area (Å²) in [4.78, 5) is 25.4. The highest BCUT2D eigenvalue weighted by Gasteiger charge is 2.58. The van der Waals surface area contributed by atoms with Crippen LogP contribution in [0.3, 0.4) is 0 Å². The molecule has 2 aromatic carbocycles. The summed E-state index contributed by atoms with van der Waals surface area (Å²) in [5.74, 6) is -1.22. The normalized spacial score (nSPS) is 22.7. The Morgan fingerprint density at radius 2 is 1.67 bits per heavy atom. The zero-order valence-corrected chi connectivity index (χ0v) is 17.0. The first kappa shape index (κ1) is 19.9. The summed E-state index contributed by atoms with van der Waals surface area (Å²) >= 11 is 0. The van der Waals surface area contributed by atoms with Crippen LogP contribution in [0.25, 0.3) is 0 Å². The minimum atomic E-state index is -1.22. The van der Waals surface area contributed by atoms with E-state index in [4.69, 9.17) is 14.2 Å². The number of fused-ring (bicyclic) bond motifs is 2. The second-order valence-corrected chi connectivity index (χ2v) is 7.32. The number of carbonyl (C=O) groups is 2. The Kier molecular flexibility index (Phi) is 5.18. The van der Waals surface area contributed by atoms with Crippen LogP contribution in [0.5, 0.6) is 0 Å². The Morgan fingerprint density at radius 3 is 2.30 bits per heavy atom. The highest BCUT2D eigenvalue weighted by Crippen LogP contribution is 2.51. The highest BCUT2D eigenvalue weighted by atomic mass is 16.6. The Morgan fingerprint density at radius 1 is 1.00 bits per heavy atom. The Balaban J connectivity index is 1.89. The van der Waals surface area contributed by atoms with E-state index in [0.29, 0.717) is 0 Å². The maximum absolute atomic E-state index is 12.9. The molecule has 0 amide bonds. The average Bonchev–Trinajstić information content (AvgIpc) is 3.35. The standard InChI is InChI=1S/C24H23NO5/c1-15-9-11-16(12-10-15)21(25-17-7-5-4-6-8-17)24-14-13-18(30-24)19(22(26)28-2)20(24)23(27)29-3/h4-14,18,21,25H,1-3H3/t18-,21-,24?/m0/s1. The molecule has 1 N–H and O–H groups in total. The van der Waals surface area contributed by atoms with E-state index in [1.807, 2.05) is 67.6 Å². The molecule has 0 aliphatic carbocycles. The lowest BCUT2D eigenvalue weighted by molar-refractivity contribution is -0.139. The minimum Gasteiger partial charge on any atom is -0.466 e. The van der Waals surface area contributed by atoms with Gasteiger partial charge in [0, 0.05) is 5.69 Å². The van der Waals surface area contributed by atoms with E-state index >= 15 is 0 Å². The number of methoxy groups -OCH3 is 2. The molecule has 2 bridgehead atoms. The van der Waals surface area contributed by atoms with Crippen molar-refractivity contribution in [3.63, 3.8) is 0 Å². The van der Waals surface area contributed by atoms with Gasteiger partial charge >= 0.3 is 11.9 Å². The largest absolute Gasteiger partial charge is 0.466 e. The molecule has 2 aliphatic heterocycles. The van der Waals surface area contributed by atoms with E-state index in [2.05, 4.69) is 5.32 Å². The van der Waals surface area contributed by atoms with Crippen LogP contribution in [-0.2, 0) is 23.8 Å². The van der Waals surface area contributed by atoms with E-state index < -0.39 is 29.7 Å². The summed E-state index contributed by atoms with van der Waals surface area (Å²) in [5.41, 5.74) is 2.00. The number of para-hydroxylation sites is 1. The molecule has 4 rings (SSSR count). The molecule has 0 saturated carbocycles. The van der Waals surface area contributed by atoms with E-state index in [1.165, 1.54) is 14.2 Å². The molecule has 1 unspecified atom stereocenters. The summed E-state index contributed by atoms with van der Waals surface area (Å²) in [7, 11) is 2.57. The van der Waals surface area contributed by atoms with Crippen LogP contribution >= 0.6 is 0 Å². The van der Waals surface area contributed by atoms with Crippen molar-refractivity contribution in [2.75, 3.05) is 19.5 Å². The van der Waals surface area contributed by atoms with E-state index in [1.54, 1.807) is 6.08 Å². The third-order valence-corrected chi connectivity index (χ3v) is 5.50. The van der Waals surface area contributed by atoms with Crippen molar-refractivity contribution >= 4 is 17.6 Å². The lowest BCUT2D eigenvalue weighted by Crippen LogP contribution is -2.42. The SMILES string of the molecule is COC(=O)C1=C(C(=O)OC)C2([C@@H](Nc3ccccc3)c3ccc(C)cc3)C=C[C@@H]1O2. The molecule has 0 spiro atoms. The van der Waals surface area contributed by atoms with Gasteiger partial charge in [0.1, 0.15) is 11.7 Å². The van der Waals surface area contributed by atoms with Crippen LogP contribution in [0.15, 0.2) is 77.9 Å². The number of rotatable bonds is 6. The molecule has 154 valence electrons. The number of anilines is 1. The molecule has 6 nitrogen and oxygen atoms in total. The average molecular weight is 405 g/mol. The predicted molar refractivity (Wildman–Crippen MR) is 112 cm³/mol. The predicted octanol–water partition coefficient (Wildman–Crippen LogP) is 3.50. The minimum absolute atomic E-state index is 0.165. The molecule has 6 heteroatoms. The van der Waals surface area contributed by atoms with Crippen molar-refractivity contribution in [2.45, 2.75) is 24.7 Å². The molecular formula is C24H23NO5. The van der Waals surface area contributed by atoms with Gasteiger partial charge in [-0.15, -0.1) is 0 Å². The van der Waals surface area contributed by atoms with Crippen molar-refractivity contribution in [3.8, 4) is 0 Å². The monoisotopic (exact) mass is 405 g/mol. The van der Waals surface area contributed by atoms with Gasteiger partial charge in [-0.1, -0.05) is 54.1 Å². The fourth-order valence-corrected chi connectivity index (χ4v) is 4.08. The number of esters is 2. The molecule has 3 atom stereocenters. The molecule has 2 aliphatic rings. The van der Waals surface area contributed by atoms with Crippen molar-refractivity contribution in [1.29, 1.82) is 0 Å². The third-order valence-electron chi connectivity index (χ3n) is 5.50. The Labute approximate surface area is 175 Å². The molecule has 0 saturated heterocycles. The Hall–Kier alpha value is -3.38. The van der Waals surface area contributed by atoms with Gasteiger partial charge in [-0.2, -0.15) is 0 Å². The molecular weight excluding hydrogens is 382 g/mol. The van der Waals surface area contributed by atoms with Gasteiger partial charge in [0.15, 0.2) is 0 Å². The van der Waals surface area contributed by atoms with Gasteiger partial charge < -0.3 is 19.5 Å². The molecule has 30 heavy (non-hydrogen) atoms. The first-order chi connectivity index (χ1) is 14.5. The second kappa shape index (κ2) is 7.80. The smallest absolute Gasteiger partial charge is 0.337 e. The Bertz CT molecular complexity index is 1030. The molecule has 0 aromatic heterocycles. The van der Waals surface area contributed by atoms with Gasteiger partial charge in [0.2, 0.25) is 0 Å². The first-order valence-corrected chi connectivity index (χ1v) is 9.66. The van der Waals surface area contributed by atoms with Crippen LogP contribution in [0, 0.1) is 6.92 Å². The van der Waals surface area contributed by atoms with Crippen LogP contribution in [0.2, 0.25) is 0 Å². The summed E-state index contributed by atoms with van der Waals surface area (Å²) in [6.45, 7) is 2.01. The molecule has 0 radical (unpaired) electrons. The first-order valence-electron chi connectivity index (χ1n) is 9.66. The number of nitrogens with one attached hydrogen (secondary N) is 1. The highest BCUT2D eigenvalue weighted by molar-refractivity contribution is 6.05. The summed E-state index contributed by atoms with van der Waals surface area (Å²) in [5, 5.41) is 3.49. The lowest BCUT2D eigenvalue weighted by Gasteiger charge is -2.36.